The van der Waals surface area contributed by atoms with Crippen LogP contribution in [0.15, 0.2) is 36.4 Å². The number of hydrogen-bond acceptors (Lipinski definition) is 4. The minimum atomic E-state index is 0.224. The summed E-state index contributed by atoms with van der Waals surface area (Å²) in [6, 6.07) is 12.5. The fraction of sp³-hybridized carbons (Fsp3) is 0.444. The zero-order chi connectivity index (χ0) is 23.4. The lowest BCUT2D eigenvalue weighted by Crippen LogP contribution is -2.39. The van der Waals surface area contributed by atoms with E-state index in [0.717, 1.165) is 67.3 Å². The van der Waals surface area contributed by atoms with Gasteiger partial charge in [0.05, 0.1) is 12.8 Å². The first-order valence-corrected chi connectivity index (χ1v) is 11.8. The van der Waals surface area contributed by atoms with Gasteiger partial charge in [-0.2, -0.15) is 5.10 Å². The number of likely N-dealkylation sites (tertiary alicyclic amines) is 1. The van der Waals surface area contributed by atoms with E-state index in [1.54, 1.807) is 7.11 Å². The van der Waals surface area contributed by atoms with Gasteiger partial charge < -0.3 is 9.64 Å². The molecule has 174 valence electrons. The average Bonchev–Trinajstić information content (AvgIpc) is 3.14. The second kappa shape index (κ2) is 10.2. The van der Waals surface area contributed by atoms with Crippen LogP contribution in [0.3, 0.4) is 0 Å². The zero-order valence-corrected chi connectivity index (χ0v) is 20.1. The minimum Gasteiger partial charge on any atom is -0.496 e. The predicted octanol–water partition coefficient (Wildman–Crippen LogP) is 4.67. The number of H-pyrrole nitrogens is 1. The van der Waals surface area contributed by atoms with Gasteiger partial charge >= 0.3 is 0 Å². The molecular formula is C27H34N4O2. The van der Waals surface area contributed by atoms with Crippen molar-refractivity contribution in [1.82, 2.24) is 20.1 Å². The molecule has 1 N–H and O–H groups in total. The number of nitrogens with one attached hydrogen (secondary N) is 1. The molecule has 1 aromatic carbocycles. The lowest BCUT2D eigenvalue weighted by Gasteiger charge is -2.33. The van der Waals surface area contributed by atoms with Gasteiger partial charge in [0.25, 0.3) is 0 Å². The van der Waals surface area contributed by atoms with E-state index in [9.17, 15) is 4.79 Å². The first-order chi connectivity index (χ1) is 15.9. The molecule has 3 heterocycles. The number of carbonyl (C=O) groups is 1. The highest BCUT2D eigenvalue weighted by atomic mass is 16.5. The highest BCUT2D eigenvalue weighted by Crippen LogP contribution is 2.29. The number of hydrogen-bond donors (Lipinski definition) is 1. The maximum absolute atomic E-state index is 13.0. The van der Waals surface area contributed by atoms with Crippen LogP contribution in [-0.2, 0) is 17.6 Å². The molecule has 1 fully saturated rings. The number of pyridine rings is 1. The summed E-state index contributed by atoms with van der Waals surface area (Å²) in [7, 11) is 1.71. The van der Waals surface area contributed by atoms with Crippen molar-refractivity contribution < 1.29 is 9.53 Å². The summed E-state index contributed by atoms with van der Waals surface area (Å²) in [5.41, 5.74) is 7.73. The Hall–Kier alpha value is -3.15. The number of amides is 1. The molecule has 0 unspecified atom stereocenters. The molecule has 1 amide bonds. The quantitative estimate of drug-likeness (QED) is 0.573. The first-order valence-electron chi connectivity index (χ1n) is 11.8. The third kappa shape index (κ3) is 5.44. The van der Waals surface area contributed by atoms with E-state index in [1.807, 2.05) is 36.9 Å². The second-order valence-corrected chi connectivity index (χ2v) is 9.12. The molecule has 0 saturated carbocycles. The fourth-order valence-electron chi connectivity index (χ4n) is 4.93. The Morgan fingerprint density at radius 3 is 2.79 bits per heavy atom. The van der Waals surface area contributed by atoms with Crippen molar-refractivity contribution in [2.24, 2.45) is 0 Å². The maximum atomic E-state index is 13.0. The van der Waals surface area contributed by atoms with E-state index in [0.29, 0.717) is 6.42 Å². The zero-order valence-electron chi connectivity index (χ0n) is 20.1. The molecule has 4 rings (SSSR count). The number of aromatic amines is 1. The van der Waals surface area contributed by atoms with Crippen LogP contribution in [0.2, 0.25) is 0 Å². The Labute approximate surface area is 196 Å². The monoisotopic (exact) mass is 446 g/mol. The van der Waals surface area contributed by atoms with Crippen molar-refractivity contribution in [3.8, 4) is 5.75 Å². The lowest BCUT2D eigenvalue weighted by atomic mass is 9.92. The molecule has 1 saturated heterocycles. The Bertz CT molecular complexity index is 1100. The number of ether oxygens (including phenoxy) is 1. The molecule has 1 atom stereocenters. The third-order valence-corrected chi connectivity index (χ3v) is 6.68. The standard InChI is InChI=1S/C27H34N4O2/c1-18-14-21(15-22-8-5-6-10-26(22)33-4)16-25(28-18)23-9-7-13-31(17-23)27(32)12-11-24-19(2)29-30-20(24)3/h5-6,8,10,14,16,23H,7,9,11-13,15,17H2,1-4H3,(H,29,30)/t23-/m1/s1. The van der Waals surface area contributed by atoms with E-state index >= 15 is 0 Å². The fourth-order valence-corrected chi connectivity index (χ4v) is 4.93. The van der Waals surface area contributed by atoms with Gasteiger partial charge in [-0.1, -0.05) is 18.2 Å². The predicted molar refractivity (Wildman–Crippen MR) is 130 cm³/mol. The largest absolute Gasteiger partial charge is 0.496 e. The maximum Gasteiger partial charge on any atom is 0.222 e. The number of piperidine rings is 1. The van der Waals surface area contributed by atoms with Crippen LogP contribution in [0, 0.1) is 20.8 Å². The highest BCUT2D eigenvalue weighted by molar-refractivity contribution is 5.76. The molecule has 0 radical (unpaired) electrons. The molecule has 0 bridgehead atoms. The summed E-state index contributed by atoms with van der Waals surface area (Å²) in [4.78, 5) is 19.9. The Balaban J connectivity index is 1.44. The summed E-state index contributed by atoms with van der Waals surface area (Å²) < 4.78 is 5.53. The van der Waals surface area contributed by atoms with Crippen molar-refractivity contribution in [3.05, 3.63) is 75.9 Å². The molecule has 33 heavy (non-hydrogen) atoms. The number of rotatable bonds is 7. The summed E-state index contributed by atoms with van der Waals surface area (Å²) in [5, 5.41) is 7.26. The minimum absolute atomic E-state index is 0.224. The number of para-hydroxylation sites is 1. The van der Waals surface area contributed by atoms with Gasteiger partial charge in [-0.15, -0.1) is 0 Å². The van der Waals surface area contributed by atoms with Gasteiger partial charge in [-0.05, 0) is 74.9 Å². The van der Waals surface area contributed by atoms with Gasteiger partial charge in [-0.25, -0.2) is 0 Å². The molecule has 2 aromatic heterocycles. The molecule has 1 aliphatic rings. The van der Waals surface area contributed by atoms with Crippen molar-refractivity contribution in [1.29, 1.82) is 0 Å². The van der Waals surface area contributed by atoms with Crippen molar-refractivity contribution in [2.75, 3.05) is 20.2 Å². The molecule has 1 aliphatic heterocycles. The van der Waals surface area contributed by atoms with Gasteiger partial charge in [0, 0.05) is 48.9 Å². The van der Waals surface area contributed by atoms with Crippen molar-refractivity contribution >= 4 is 5.91 Å². The summed E-state index contributed by atoms with van der Waals surface area (Å²) >= 11 is 0. The number of carbonyl (C=O) groups excluding carboxylic acids is 1. The van der Waals surface area contributed by atoms with E-state index in [2.05, 4.69) is 35.3 Å². The SMILES string of the molecule is COc1ccccc1Cc1cc(C)nc([C@@H]2CCCN(C(=O)CCc3c(C)n[nH]c3C)C2)c1. The molecule has 6 heteroatoms. The Kier molecular flexibility index (Phi) is 7.11. The second-order valence-electron chi connectivity index (χ2n) is 9.12. The number of aromatic nitrogens is 3. The van der Waals surface area contributed by atoms with Crippen molar-refractivity contribution in [3.63, 3.8) is 0 Å². The van der Waals surface area contributed by atoms with E-state index in [4.69, 9.17) is 9.72 Å². The van der Waals surface area contributed by atoms with Crippen molar-refractivity contribution in [2.45, 2.75) is 58.8 Å². The van der Waals surface area contributed by atoms with Crippen LogP contribution in [0.1, 0.15) is 64.6 Å². The molecular weight excluding hydrogens is 412 g/mol. The van der Waals surface area contributed by atoms with E-state index < -0.39 is 0 Å². The first kappa shape index (κ1) is 23.0. The van der Waals surface area contributed by atoms with E-state index in [-0.39, 0.29) is 11.8 Å². The highest BCUT2D eigenvalue weighted by Gasteiger charge is 2.26. The molecule has 3 aromatic rings. The molecule has 0 aliphatic carbocycles. The number of benzene rings is 1. The summed E-state index contributed by atoms with van der Waals surface area (Å²) in [5.74, 6) is 1.41. The Morgan fingerprint density at radius 1 is 1.21 bits per heavy atom. The van der Waals surface area contributed by atoms with Crippen LogP contribution < -0.4 is 4.74 Å². The van der Waals surface area contributed by atoms with Gasteiger partial charge in [0.1, 0.15) is 5.75 Å². The number of aryl methyl sites for hydroxylation is 3. The summed E-state index contributed by atoms with van der Waals surface area (Å²) in [6.07, 6.45) is 4.14. The van der Waals surface area contributed by atoms with Crippen LogP contribution >= 0.6 is 0 Å². The number of methoxy groups -OCH3 is 1. The van der Waals surface area contributed by atoms with Gasteiger partial charge in [0.15, 0.2) is 0 Å². The Morgan fingerprint density at radius 2 is 2.03 bits per heavy atom. The smallest absolute Gasteiger partial charge is 0.222 e. The topological polar surface area (TPSA) is 71.1 Å². The average molecular weight is 447 g/mol. The number of nitrogens with zero attached hydrogens (tertiary/aromatic N) is 3. The van der Waals surface area contributed by atoms with Gasteiger partial charge in [0.2, 0.25) is 5.91 Å². The summed E-state index contributed by atoms with van der Waals surface area (Å²) in [6.45, 7) is 7.64. The lowest BCUT2D eigenvalue weighted by molar-refractivity contribution is -0.132. The van der Waals surface area contributed by atoms with Crippen LogP contribution in [0.4, 0.5) is 0 Å². The van der Waals surface area contributed by atoms with Crippen LogP contribution in [0.25, 0.3) is 0 Å². The van der Waals surface area contributed by atoms with E-state index in [1.165, 1.54) is 16.7 Å². The molecule has 6 nitrogen and oxygen atoms in total. The van der Waals surface area contributed by atoms with Crippen LogP contribution in [0.5, 0.6) is 5.75 Å². The van der Waals surface area contributed by atoms with Gasteiger partial charge in [-0.3, -0.25) is 14.9 Å². The molecule has 0 spiro atoms. The third-order valence-electron chi connectivity index (χ3n) is 6.68. The van der Waals surface area contributed by atoms with Crippen LogP contribution in [-0.4, -0.2) is 46.2 Å². The normalized spacial score (nSPS) is 16.1.